The molecule has 0 aliphatic heterocycles. The normalized spacial score (nSPS) is 11.6. The van der Waals surface area contributed by atoms with E-state index < -0.39 is 0 Å². The molecule has 0 saturated heterocycles. The van der Waals surface area contributed by atoms with Gasteiger partial charge in [0, 0.05) is 25.5 Å². The van der Waals surface area contributed by atoms with E-state index >= 15 is 0 Å². The van der Waals surface area contributed by atoms with Crippen molar-refractivity contribution in [1.82, 2.24) is 19.2 Å². The number of rotatable bonds is 10. The summed E-state index contributed by atoms with van der Waals surface area (Å²) in [5, 5.41) is 12.5. The lowest BCUT2D eigenvalue weighted by Crippen LogP contribution is -2.24. The van der Waals surface area contributed by atoms with Gasteiger partial charge in [-0.3, -0.25) is 13.8 Å². The Bertz CT molecular complexity index is 1490. The van der Waals surface area contributed by atoms with Gasteiger partial charge in [-0.1, -0.05) is 54.2 Å². The number of thioether (sulfide) groups is 1. The van der Waals surface area contributed by atoms with E-state index in [0.717, 1.165) is 28.2 Å². The maximum atomic E-state index is 13.1. The van der Waals surface area contributed by atoms with Crippen LogP contribution in [-0.4, -0.2) is 44.7 Å². The zero-order chi connectivity index (χ0) is 23.3. The molecule has 5 aromatic rings. The van der Waals surface area contributed by atoms with Gasteiger partial charge in [0.2, 0.25) is 5.78 Å². The molecule has 0 bridgehead atoms. The third-order valence-electron chi connectivity index (χ3n) is 5.66. The highest BCUT2D eigenvalue weighted by Crippen LogP contribution is 2.23. The number of aryl methyl sites for hydroxylation is 1. The molecule has 0 unspecified atom stereocenters. The number of nitrogens with zero attached hydrogens (tertiary/aromatic N) is 4. The molecule has 0 amide bonds. The van der Waals surface area contributed by atoms with Crippen LogP contribution in [0.3, 0.4) is 0 Å². The molecule has 0 aliphatic rings. The Morgan fingerprint density at radius 3 is 2.65 bits per heavy atom. The standard InChI is InChI=1S/C26H26N4O3S/c1-2-32-15-7-14-29-24(31)22-10-5-6-11-23(22)30-25(29)27-28-26(30)34-17-16-33-21-13-12-19-8-3-4-9-20(19)18-21/h3-6,8-13,18H,2,7,14-17H2,1H3. The van der Waals surface area contributed by atoms with Crippen LogP contribution < -0.4 is 10.3 Å². The van der Waals surface area contributed by atoms with Gasteiger partial charge >= 0.3 is 0 Å². The van der Waals surface area contributed by atoms with E-state index in [1.54, 1.807) is 16.3 Å². The van der Waals surface area contributed by atoms with Crippen molar-refractivity contribution in [3.8, 4) is 5.75 Å². The fourth-order valence-corrected chi connectivity index (χ4v) is 4.80. The number of fused-ring (bicyclic) bond motifs is 4. The largest absolute Gasteiger partial charge is 0.493 e. The molecule has 7 nitrogen and oxygen atoms in total. The fraction of sp³-hybridized carbons (Fsp3) is 0.269. The molecule has 8 heteroatoms. The number of para-hydroxylation sites is 1. The smallest absolute Gasteiger partial charge is 0.262 e. The molecule has 2 aromatic heterocycles. The first-order valence-electron chi connectivity index (χ1n) is 11.4. The number of hydrogen-bond donors (Lipinski definition) is 0. The molecule has 3 aromatic carbocycles. The van der Waals surface area contributed by atoms with Gasteiger partial charge in [0.25, 0.3) is 5.56 Å². The van der Waals surface area contributed by atoms with Gasteiger partial charge in [0.15, 0.2) is 5.16 Å². The quantitative estimate of drug-likeness (QED) is 0.214. The minimum absolute atomic E-state index is 0.0526. The summed E-state index contributed by atoms with van der Waals surface area (Å²) in [4.78, 5) is 13.1. The third kappa shape index (κ3) is 4.51. The first kappa shape index (κ1) is 22.4. The van der Waals surface area contributed by atoms with Gasteiger partial charge in [-0.15, -0.1) is 10.2 Å². The predicted octanol–water partition coefficient (Wildman–Crippen LogP) is 4.80. The van der Waals surface area contributed by atoms with E-state index in [0.29, 0.717) is 43.3 Å². The lowest BCUT2D eigenvalue weighted by molar-refractivity contribution is 0.141. The summed E-state index contributed by atoms with van der Waals surface area (Å²) in [5.41, 5.74) is 0.759. The number of hydrogen-bond acceptors (Lipinski definition) is 6. The number of aromatic nitrogens is 4. The lowest BCUT2D eigenvalue weighted by atomic mass is 10.1. The third-order valence-corrected chi connectivity index (χ3v) is 6.55. The molecule has 0 aliphatic carbocycles. The molecular formula is C26H26N4O3S. The molecule has 0 spiro atoms. The highest BCUT2D eigenvalue weighted by atomic mass is 32.2. The molecule has 0 saturated carbocycles. The van der Waals surface area contributed by atoms with Crippen molar-refractivity contribution in [3.05, 3.63) is 77.1 Å². The second kappa shape index (κ2) is 10.3. The van der Waals surface area contributed by atoms with E-state index in [-0.39, 0.29) is 5.56 Å². The Balaban J connectivity index is 1.35. The molecule has 0 atom stereocenters. The Kier molecular flexibility index (Phi) is 6.78. The van der Waals surface area contributed by atoms with Crippen LogP contribution in [-0.2, 0) is 11.3 Å². The van der Waals surface area contributed by atoms with Crippen LogP contribution >= 0.6 is 11.8 Å². The minimum atomic E-state index is -0.0526. The monoisotopic (exact) mass is 474 g/mol. The summed E-state index contributed by atoms with van der Waals surface area (Å²) in [7, 11) is 0. The zero-order valence-corrected chi connectivity index (χ0v) is 19.8. The Morgan fingerprint density at radius 2 is 1.76 bits per heavy atom. The van der Waals surface area contributed by atoms with Gasteiger partial charge < -0.3 is 9.47 Å². The van der Waals surface area contributed by atoms with Gasteiger partial charge in [-0.25, -0.2) is 0 Å². The van der Waals surface area contributed by atoms with Crippen LogP contribution in [0.5, 0.6) is 5.75 Å². The average Bonchev–Trinajstić information content (AvgIpc) is 3.30. The first-order chi connectivity index (χ1) is 16.8. The first-order valence-corrected chi connectivity index (χ1v) is 12.4. The number of benzene rings is 3. The molecule has 0 radical (unpaired) electrons. The maximum Gasteiger partial charge on any atom is 0.262 e. The fourth-order valence-electron chi connectivity index (χ4n) is 4.05. The second-order valence-corrected chi connectivity index (χ2v) is 8.91. The Morgan fingerprint density at radius 1 is 0.941 bits per heavy atom. The Labute approximate surface area is 201 Å². The van der Waals surface area contributed by atoms with E-state index in [2.05, 4.69) is 34.5 Å². The summed E-state index contributed by atoms with van der Waals surface area (Å²) in [6.07, 6.45) is 0.733. The van der Waals surface area contributed by atoms with E-state index in [1.807, 2.05) is 53.8 Å². The molecular weight excluding hydrogens is 448 g/mol. The SMILES string of the molecule is CCOCCCn1c(=O)c2ccccc2n2c(SCCOc3ccc4ccccc4c3)nnc12. The van der Waals surface area contributed by atoms with Gasteiger partial charge in [-0.05, 0) is 48.4 Å². The van der Waals surface area contributed by atoms with Crippen molar-refractivity contribution in [1.29, 1.82) is 0 Å². The predicted molar refractivity (Wildman–Crippen MR) is 136 cm³/mol. The lowest BCUT2D eigenvalue weighted by Gasteiger charge is -2.11. The van der Waals surface area contributed by atoms with Crippen LogP contribution in [0.2, 0.25) is 0 Å². The van der Waals surface area contributed by atoms with Crippen molar-refractivity contribution in [3.63, 3.8) is 0 Å². The summed E-state index contributed by atoms with van der Waals surface area (Å²) < 4.78 is 15.1. The highest BCUT2D eigenvalue weighted by molar-refractivity contribution is 7.99. The van der Waals surface area contributed by atoms with Crippen LogP contribution in [0.4, 0.5) is 0 Å². The highest BCUT2D eigenvalue weighted by Gasteiger charge is 2.16. The van der Waals surface area contributed by atoms with Crippen LogP contribution in [0, 0.1) is 0 Å². The van der Waals surface area contributed by atoms with Crippen LogP contribution in [0.1, 0.15) is 13.3 Å². The maximum absolute atomic E-state index is 13.1. The second-order valence-electron chi connectivity index (χ2n) is 7.85. The van der Waals surface area contributed by atoms with Crippen molar-refractivity contribution < 1.29 is 9.47 Å². The molecule has 0 fully saturated rings. The van der Waals surface area contributed by atoms with Gasteiger partial charge in [-0.2, -0.15) is 0 Å². The molecule has 174 valence electrons. The molecule has 5 rings (SSSR count). The summed E-state index contributed by atoms with van der Waals surface area (Å²) >= 11 is 1.57. The summed E-state index contributed by atoms with van der Waals surface area (Å²) in [5.74, 6) is 2.10. The minimum Gasteiger partial charge on any atom is -0.493 e. The molecule has 0 N–H and O–H groups in total. The van der Waals surface area contributed by atoms with Crippen LogP contribution in [0.15, 0.2) is 76.7 Å². The molecule has 2 heterocycles. The summed E-state index contributed by atoms with van der Waals surface area (Å²) in [6.45, 7) is 4.29. The van der Waals surface area contributed by atoms with E-state index in [1.165, 1.54) is 5.39 Å². The van der Waals surface area contributed by atoms with E-state index in [4.69, 9.17) is 9.47 Å². The zero-order valence-electron chi connectivity index (χ0n) is 19.0. The van der Waals surface area contributed by atoms with Gasteiger partial charge in [0.05, 0.1) is 17.5 Å². The number of ether oxygens (including phenoxy) is 2. The van der Waals surface area contributed by atoms with Crippen molar-refractivity contribution in [2.75, 3.05) is 25.6 Å². The molecule has 34 heavy (non-hydrogen) atoms. The summed E-state index contributed by atoms with van der Waals surface area (Å²) in [6, 6.07) is 22.0. The Hall–Kier alpha value is -3.36. The van der Waals surface area contributed by atoms with Crippen LogP contribution in [0.25, 0.3) is 27.5 Å². The van der Waals surface area contributed by atoms with Gasteiger partial charge in [0.1, 0.15) is 5.75 Å². The van der Waals surface area contributed by atoms with E-state index in [9.17, 15) is 4.79 Å². The van der Waals surface area contributed by atoms with Crippen molar-refractivity contribution >= 4 is 39.2 Å². The topological polar surface area (TPSA) is 70.7 Å². The average molecular weight is 475 g/mol. The van der Waals surface area contributed by atoms with Crippen molar-refractivity contribution in [2.24, 2.45) is 0 Å². The van der Waals surface area contributed by atoms with Crippen molar-refractivity contribution in [2.45, 2.75) is 25.0 Å².